The molecule has 2 nitrogen and oxygen atoms in total. The summed E-state index contributed by atoms with van der Waals surface area (Å²) >= 11 is 0. The second-order valence-electron chi connectivity index (χ2n) is 10.7. The van der Waals surface area contributed by atoms with E-state index in [4.69, 9.17) is 0 Å². The molecule has 0 unspecified atom stereocenters. The molecular formula is C15H42N2Si5. The average molecular weight is 391 g/mol. The molecule has 0 aromatic carbocycles. The van der Waals surface area contributed by atoms with Gasteiger partial charge in [0.25, 0.3) is 0 Å². The van der Waals surface area contributed by atoms with E-state index < -0.39 is 41.3 Å². The molecule has 22 heavy (non-hydrogen) atoms. The van der Waals surface area contributed by atoms with Gasteiger partial charge in [0.2, 0.25) is 8.40 Å². The highest BCUT2D eigenvalue weighted by Crippen LogP contribution is 2.36. The lowest BCUT2D eigenvalue weighted by Gasteiger charge is -2.62. The largest absolute Gasteiger partial charge is 0.354 e. The van der Waals surface area contributed by atoms with Gasteiger partial charge in [-0.15, -0.1) is 6.58 Å². The molecule has 0 amide bonds. The maximum absolute atomic E-state index is 4.40. The Morgan fingerprint density at radius 3 is 0.773 bits per heavy atom. The fourth-order valence-electron chi connectivity index (χ4n) is 5.01. The van der Waals surface area contributed by atoms with Gasteiger partial charge in [0.1, 0.15) is 32.9 Å². The van der Waals surface area contributed by atoms with Crippen LogP contribution in [0.15, 0.2) is 12.3 Å². The third-order valence-electron chi connectivity index (χ3n) is 3.98. The average Bonchev–Trinajstić information content (AvgIpc) is 2.06. The monoisotopic (exact) mass is 390 g/mol. The van der Waals surface area contributed by atoms with Crippen LogP contribution in [0.3, 0.4) is 0 Å². The van der Waals surface area contributed by atoms with Crippen molar-refractivity contribution in [2.75, 3.05) is 0 Å². The summed E-state index contributed by atoms with van der Waals surface area (Å²) in [7, 11) is -7.49. The van der Waals surface area contributed by atoms with Gasteiger partial charge in [0.15, 0.2) is 0 Å². The summed E-state index contributed by atoms with van der Waals surface area (Å²) in [5.74, 6) is 0. The van der Waals surface area contributed by atoms with Crippen molar-refractivity contribution in [2.24, 2.45) is 0 Å². The Labute approximate surface area is 146 Å². The molecule has 0 rings (SSSR count). The van der Waals surface area contributed by atoms with Crippen LogP contribution in [0.4, 0.5) is 0 Å². The molecule has 0 fully saturated rings. The number of rotatable bonds is 7. The maximum atomic E-state index is 4.40. The third-order valence-corrected chi connectivity index (χ3v) is 33.5. The van der Waals surface area contributed by atoms with Crippen LogP contribution < -0.4 is 0 Å². The van der Waals surface area contributed by atoms with Crippen LogP contribution in [0.2, 0.25) is 85.1 Å². The standard InChI is InChI=1S/C15H42N2Si5/c1-15-22(14,16(18(2,3)4)19(5,6)7)17(20(8,9)10)21(11,12)13/h15H,1H2,2-14H3. The van der Waals surface area contributed by atoms with Crippen LogP contribution in [-0.4, -0.2) is 49.1 Å². The highest BCUT2D eigenvalue weighted by atomic mass is 28.5. The Morgan fingerprint density at radius 1 is 0.500 bits per heavy atom. The van der Waals surface area contributed by atoms with Crippen molar-refractivity contribution in [1.82, 2.24) is 7.79 Å². The summed E-state index contributed by atoms with van der Waals surface area (Å²) in [4.78, 5) is 0. The van der Waals surface area contributed by atoms with E-state index in [1.807, 2.05) is 0 Å². The lowest BCUT2D eigenvalue weighted by Crippen LogP contribution is -2.82. The molecule has 0 aliphatic carbocycles. The van der Waals surface area contributed by atoms with Crippen molar-refractivity contribution in [1.29, 1.82) is 0 Å². The second-order valence-corrected chi connectivity index (χ2v) is 36.0. The van der Waals surface area contributed by atoms with Gasteiger partial charge in [0.05, 0.1) is 0 Å². The summed E-state index contributed by atoms with van der Waals surface area (Å²) in [6.07, 6.45) is 0. The summed E-state index contributed by atoms with van der Waals surface area (Å²) in [6.45, 7) is 37.4. The lowest BCUT2D eigenvalue weighted by atomic mass is 11.3. The molecular weight excluding hydrogens is 349 g/mol. The van der Waals surface area contributed by atoms with E-state index in [0.717, 1.165) is 0 Å². The van der Waals surface area contributed by atoms with Gasteiger partial charge >= 0.3 is 0 Å². The van der Waals surface area contributed by atoms with Crippen molar-refractivity contribution in [3.8, 4) is 0 Å². The molecule has 0 aromatic heterocycles. The van der Waals surface area contributed by atoms with Gasteiger partial charge in [-0.1, -0.05) is 84.3 Å². The van der Waals surface area contributed by atoms with E-state index in [1.54, 1.807) is 0 Å². The molecule has 0 spiro atoms. The van der Waals surface area contributed by atoms with Gasteiger partial charge in [-0.2, -0.15) is 0 Å². The van der Waals surface area contributed by atoms with E-state index in [0.29, 0.717) is 0 Å². The minimum absolute atomic E-state index is 1.41. The van der Waals surface area contributed by atoms with Gasteiger partial charge < -0.3 is 7.79 Å². The van der Waals surface area contributed by atoms with Gasteiger partial charge in [-0.25, -0.2) is 0 Å². The number of hydrogen-bond acceptors (Lipinski definition) is 2. The summed E-state index contributed by atoms with van der Waals surface area (Å²) in [5, 5.41) is 0. The van der Waals surface area contributed by atoms with Crippen molar-refractivity contribution >= 4 is 41.3 Å². The molecule has 0 atom stereocenters. The first-order valence-corrected chi connectivity index (χ1v) is 24.8. The zero-order chi connectivity index (χ0) is 18.4. The molecule has 0 bridgehead atoms. The highest BCUT2D eigenvalue weighted by Gasteiger charge is 2.55. The van der Waals surface area contributed by atoms with Crippen molar-refractivity contribution in [3.05, 3.63) is 12.3 Å². The molecule has 0 saturated heterocycles. The van der Waals surface area contributed by atoms with Crippen molar-refractivity contribution in [3.63, 3.8) is 0 Å². The minimum Gasteiger partial charge on any atom is -0.354 e. The Morgan fingerprint density at radius 2 is 0.682 bits per heavy atom. The molecule has 0 aliphatic rings. The number of hydrogen-bond donors (Lipinski definition) is 0. The van der Waals surface area contributed by atoms with E-state index in [-0.39, 0.29) is 0 Å². The minimum atomic E-state index is -1.85. The van der Waals surface area contributed by atoms with Gasteiger partial charge in [-0.05, 0) is 6.55 Å². The Kier molecular flexibility index (Phi) is 6.79. The summed E-state index contributed by atoms with van der Waals surface area (Å²) in [5.41, 5.74) is 2.40. The summed E-state index contributed by atoms with van der Waals surface area (Å²) < 4.78 is 6.16. The van der Waals surface area contributed by atoms with Crippen LogP contribution in [0.5, 0.6) is 0 Å². The summed E-state index contributed by atoms with van der Waals surface area (Å²) in [6, 6.07) is 0. The third kappa shape index (κ3) is 5.12. The molecule has 0 heterocycles. The second kappa shape index (κ2) is 6.57. The topological polar surface area (TPSA) is 6.48 Å². The van der Waals surface area contributed by atoms with Crippen LogP contribution >= 0.6 is 0 Å². The maximum Gasteiger partial charge on any atom is 0.202 e. The van der Waals surface area contributed by atoms with Crippen LogP contribution in [-0.2, 0) is 0 Å². The normalized spacial score (nSPS) is 15.6. The SMILES string of the molecule is C=C[Si](C)(N([Si](C)(C)C)[Si](C)(C)C)N([Si](C)(C)C)[Si](C)(C)C. The van der Waals surface area contributed by atoms with Crippen LogP contribution in [0, 0.1) is 0 Å². The Bertz CT molecular complexity index is 336. The van der Waals surface area contributed by atoms with E-state index in [1.165, 1.54) is 0 Å². The van der Waals surface area contributed by atoms with Crippen molar-refractivity contribution in [2.45, 2.75) is 85.1 Å². The molecule has 0 radical (unpaired) electrons. The van der Waals surface area contributed by atoms with Gasteiger partial charge in [0, 0.05) is 0 Å². The zero-order valence-electron chi connectivity index (χ0n) is 17.7. The highest BCUT2D eigenvalue weighted by molar-refractivity contribution is 7.13. The molecule has 0 aliphatic heterocycles. The smallest absolute Gasteiger partial charge is 0.202 e. The molecule has 0 N–H and O–H groups in total. The first-order chi connectivity index (χ1) is 9.29. The Hall–Kier alpha value is 0.744. The predicted octanol–water partition coefficient (Wildman–Crippen LogP) is 5.73. The van der Waals surface area contributed by atoms with E-state index in [2.05, 4.69) is 105 Å². The molecule has 132 valence electrons. The Balaban J connectivity index is 6.50. The molecule has 0 aromatic rings. The molecule has 7 heteroatoms. The quantitative estimate of drug-likeness (QED) is 0.512. The van der Waals surface area contributed by atoms with E-state index >= 15 is 0 Å². The van der Waals surface area contributed by atoms with Crippen LogP contribution in [0.1, 0.15) is 0 Å². The lowest BCUT2D eigenvalue weighted by molar-refractivity contribution is 0.769. The predicted molar refractivity (Wildman–Crippen MR) is 119 cm³/mol. The number of nitrogens with zero attached hydrogens (tertiary/aromatic N) is 2. The fraction of sp³-hybridized carbons (Fsp3) is 0.867. The first-order valence-electron chi connectivity index (χ1n) is 8.54. The van der Waals surface area contributed by atoms with Crippen molar-refractivity contribution < 1.29 is 0 Å². The first kappa shape index (κ1) is 22.7. The van der Waals surface area contributed by atoms with Gasteiger partial charge in [-0.3, -0.25) is 0 Å². The van der Waals surface area contributed by atoms with Crippen LogP contribution in [0.25, 0.3) is 0 Å². The fourth-order valence-corrected chi connectivity index (χ4v) is 46.9. The van der Waals surface area contributed by atoms with E-state index in [9.17, 15) is 0 Å². The zero-order valence-corrected chi connectivity index (χ0v) is 22.7. The molecule has 0 saturated carbocycles.